The van der Waals surface area contributed by atoms with Gasteiger partial charge in [-0.2, -0.15) is 5.43 Å². The van der Waals surface area contributed by atoms with Crippen LogP contribution in [0.5, 0.6) is 5.75 Å². The number of hydrazine groups is 1. The summed E-state index contributed by atoms with van der Waals surface area (Å²) < 4.78 is 4.94. The van der Waals surface area contributed by atoms with Gasteiger partial charge in [0.05, 0.1) is 0 Å². The normalized spacial score (nSPS) is 12.5. The third-order valence-electron chi connectivity index (χ3n) is 4.02. The fourth-order valence-electron chi connectivity index (χ4n) is 2.54. The molecule has 148 valence electrons. The number of aromatic hydroxyl groups is 1. The van der Waals surface area contributed by atoms with E-state index in [1.165, 1.54) is 0 Å². The smallest absolute Gasteiger partial charge is 0.307 e. The van der Waals surface area contributed by atoms with Crippen molar-refractivity contribution in [2.75, 3.05) is 13.5 Å². The molecule has 7 nitrogen and oxygen atoms in total. The molecule has 1 aromatic carbocycles. The molecular weight excluding hydrogens is 336 g/mol. The van der Waals surface area contributed by atoms with Crippen LogP contribution in [0.1, 0.15) is 64.7 Å². The van der Waals surface area contributed by atoms with Crippen LogP contribution in [0.4, 0.5) is 0 Å². The Morgan fingerprint density at radius 1 is 1.12 bits per heavy atom. The van der Waals surface area contributed by atoms with E-state index in [1.54, 1.807) is 0 Å². The summed E-state index contributed by atoms with van der Waals surface area (Å²) in [6, 6.07) is 3.88. The molecule has 0 radical (unpaired) electrons. The topological polar surface area (TPSA) is 102 Å². The average molecular weight is 368 g/mol. The first-order valence-corrected chi connectivity index (χ1v) is 8.69. The minimum absolute atomic E-state index is 0.171. The number of benzene rings is 1. The first kappa shape index (κ1) is 22.4. The van der Waals surface area contributed by atoms with Crippen LogP contribution >= 0.6 is 0 Å². The summed E-state index contributed by atoms with van der Waals surface area (Å²) in [5.41, 5.74) is 4.51. The highest BCUT2D eigenvalue weighted by molar-refractivity contribution is 5.69. The molecule has 0 amide bonds. The summed E-state index contributed by atoms with van der Waals surface area (Å²) in [6.07, 6.45) is 0.651. The number of hydrogen-bond donors (Lipinski definition) is 4. The van der Waals surface area contributed by atoms with Gasteiger partial charge in [0, 0.05) is 6.42 Å². The Kier molecular flexibility index (Phi) is 7.58. The molecule has 0 atom stereocenters. The quantitative estimate of drug-likeness (QED) is 0.333. The van der Waals surface area contributed by atoms with Gasteiger partial charge >= 0.3 is 5.97 Å². The molecular formula is C19H32N2O5. The minimum Gasteiger partial charge on any atom is -0.507 e. The molecule has 4 N–H and O–H groups in total. The summed E-state index contributed by atoms with van der Waals surface area (Å²) in [6.45, 7) is 11.4. The number of aliphatic hydroxyl groups excluding tert-OH is 1. The number of hydrogen-bond acceptors (Lipinski definition) is 7. The number of nitrogens with zero attached hydrogens (tertiary/aromatic N) is 1. The Labute approximate surface area is 155 Å². The Bertz CT molecular complexity index is 582. The molecule has 26 heavy (non-hydrogen) atoms. The lowest BCUT2D eigenvalue weighted by molar-refractivity contribution is -0.198. The Hall–Kier alpha value is -1.67. The van der Waals surface area contributed by atoms with E-state index in [9.17, 15) is 9.90 Å². The number of phenolic OH excluding ortho intramolecular Hbond substituents is 1. The van der Waals surface area contributed by atoms with Crippen LogP contribution in [0.3, 0.4) is 0 Å². The molecule has 0 aromatic heterocycles. The van der Waals surface area contributed by atoms with Crippen molar-refractivity contribution < 1.29 is 25.0 Å². The molecule has 0 fully saturated rings. The first-order chi connectivity index (χ1) is 11.9. The van der Waals surface area contributed by atoms with Crippen molar-refractivity contribution >= 4 is 5.97 Å². The molecule has 0 aliphatic carbocycles. The highest BCUT2D eigenvalue weighted by Gasteiger charge is 2.26. The predicted octanol–water partition coefficient (Wildman–Crippen LogP) is 2.57. The van der Waals surface area contributed by atoms with Crippen LogP contribution in [0.25, 0.3) is 0 Å². The molecule has 0 bridgehead atoms. The first-order valence-electron chi connectivity index (χ1n) is 8.69. The highest BCUT2D eigenvalue weighted by Crippen LogP contribution is 2.39. The zero-order chi connectivity index (χ0) is 20.1. The standard InChI is InChI=1S/C19H32N2O5/c1-18(2,3)14-9-13(10-15(17(14)24)19(4,5)6)7-8-16(23)26-11-20-21(25)12-22/h9-10,20,22,24-25H,7-8,11-12H2,1-6H3. The number of carbonyl (C=O) groups is 1. The predicted molar refractivity (Wildman–Crippen MR) is 98.6 cm³/mol. The van der Waals surface area contributed by atoms with Gasteiger partial charge in [-0.05, 0) is 33.9 Å². The van der Waals surface area contributed by atoms with Crippen molar-refractivity contribution in [1.29, 1.82) is 0 Å². The minimum atomic E-state index is -0.615. The van der Waals surface area contributed by atoms with E-state index >= 15 is 0 Å². The summed E-state index contributed by atoms with van der Waals surface area (Å²) in [7, 11) is 0. The molecule has 1 aromatic rings. The number of ether oxygens (including phenoxy) is 1. The maximum Gasteiger partial charge on any atom is 0.307 e. The maximum absolute atomic E-state index is 11.8. The molecule has 0 heterocycles. The SMILES string of the molecule is CC(C)(C)c1cc(CCC(=O)OCNN(O)CO)cc(C(C)(C)C)c1O. The third-order valence-corrected chi connectivity index (χ3v) is 4.02. The average Bonchev–Trinajstić information content (AvgIpc) is 2.51. The van der Waals surface area contributed by atoms with Gasteiger partial charge in [-0.25, -0.2) is 0 Å². The Morgan fingerprint density at radius 3 is 2.04 bits per heavy atom. The van der Waals surface area contributed by atoms with E-state index < -0.39 is 12.7 Å². The van der Waals surface area contributed by atoms with Gasteiger partial charge in [-0.15, -0.1) is 0 Å². The summed E-state index contributed by atoms with van der Waals surface area (Å²) in [5.74, 6) is -0.112. The molecule has 0 aliphatic heterocycles. The van der Waals surface area contributed by atoms with Gasteiger partial charge in [0.25, 0.3) is 0 Å². The molecule has 0 saturated carbocycles. The van der Waals surface area contributed by atoms with Gasteiger partial charge in [-0.3, -0.25) is 10.0 Å². The van der Waals surface area contributed by atoms with Gasteiger partial charge in [0.15, 0.2) is 6.73 Å². The van der Waals surface area contributed by atoms with E-state index in [2.05, 4.69) is 5.43 Å². The number of rotatable bonds is 7. The van der Waals surface area contributed by atoms with Crippen molar-refractivity contribution in [2.24, 2.45) is 0 Å². The molecule has 7 heteroatoms. The zero-order valence-corrected chi connectivity index (χ0v) is 16.6. The number of aryl methyl sites for hydroxylation is 1. The van der Waals surface area contributed by atoms with Gasteiger partial charge in [0.1, 0.15) is 12.5 Å². The number of hydroxylamine groups is 1. The monoisotopic (exact) mass is 368 g/mol. The summed E-state index contributed by atoms with van der Waals surface area (Å²) >= 11 is 0. The van der Waals surface area contributed by atoms with E-state index in [0.717, 1.165) is 16.7 Å². The zero-order valence-electron chi connectivity index (χ0n) is 16.6. The van der Waals surface area contributed by atoms with E-state index in [-0.39, 0.29) is 24.0 Å². The van der Waals surface area contributed by atoms with Crippen molar-refractivity contribution in [3.05, 3.63) is 28.8 Å². The number of nitrogens with one attached hydrogen (secondary N) is 1. The van der Waals surface area contributed by atoms with Crippen molar-refractivity contribution in [2.45, 2.75) is 65.2 Å². The number of aliphatic hydroxyl groups is 1. The van der Waals surface area contributed by atoms with E-state index in [0.29, 0.717) is 17.3 Å². The molecule has 0 saturated heterocycles. The highest BCUT2D eigenvalue weighted by atomic mass is 16.6. The lowest BCUT2D eigenvalue weighted by Crippen LogP contribution is -2.37. The third kappa shape index (κ3) is 6.57. The number of phenols is 1. The number of esters is 1. The van der Waals surface area contributed by atoms with Crippen LogP contribution in [0.2, 0.25) is 0 Å². The van der Waals surface area contributed by atoms with Crippen molar-refractivity contribution in [3.63, 3.8) is 0 Å². The van der Waals surface area contributed by atoms with E-state index in [4.69, 9.17) is 15.1 Å². The lowest BCUT2D eigenvalue weighted by atomic mass is 9.78. The second-order valence-electron chi connectivity index (χ2n) is 8.40. The Balaban J connectivity index is 2.88. The number of carbonyl (C=O) groups excluding carboxylic acids is 1. The van der Waals surface area contributed by atoms with Gasteiger partial charge < -0.3 is 14.9 Å². The van der Waals surface area contributed by atoms with Crippen LogP contribution in [-0.2, 0) is 26.8 Å². The summed E-state index contributed by atoms with van der Waals surface area (Å²) in [5, 5.41) is 28.7. The fourth-order valence-corrected chi connectivity index (χ4v) is 2.54. The fraction of sp³-hybridized carbons (Fsp3) is 0.632. The molecule has 0 unspecified atom stereocenters. The van der Waals surface area contributed by atoms with Crippen LogP contribution in [0.15, 0.2) is 12.1 Å². The van der Waals surface area contributed by atoms with E-state index in [1.807, 2.05) is 53.7 Å². The second-order valence-corrected chi connectivity index (χ2v) is 8.40. The van der Waals surface area contributed by atoms with Crippen LogP contribution in [0, 0.1) is 0 Å². The van der Waals surface area contributed by atoms with Gasteiger partial charge in [-0.1, -0.05) is 58.8 Å². The molecule has 1 rings (SSSR count). The van der Waals surface area contributed by atoms with Crippen molar-refractivity contribution in [3.8, 4) is 5.75 Å². The molecule has 0 spiro atoms. The second kappa shape index (κ2) is 8.81. The Morgan fingerprint density at radius 2 is 1.62 bits per heavy atom. The molecule has 0 aliphatic rings. The van der Waals surface area contributed by atoms with Gasteiger partial charge in [0.2, 0.25) is 0 Å². The van der Waals surface area contributed by atoms with Crippen LogP contribution < -0.4 is 5.43 Å². The van der Waals surface area contributed by atoms with Crippen LogP contribution in [-0.4, -0.2) is 40.0 Å². The van der Waals surface area contributed by atoms with Crippen molar-refractivity contribution in [1.82, 2.24) is 10.6 Å². The maximum atomic E-state index is 11.8. The summed E-state index contributed by atoms with van der Waals surface area (Å²) in [4.78, 5) is 11.8. The largest absolute Gasteiger partial charge is 0.507 e. The lowest BCUT2D eigenvalue weighted by Gasteiger charge is -2.28.